The third-order valence-electron chi connectivity index (χ3n) is 0.904. The summed E-state index contributed by atoms with van der Waals surface area (Å²) in [5.74, 6) is 1.01. The first-order valence-corrected chi connectivity index (χ1v) is 4.60. The van der Waals surface area contributed by atoms with Crippen molar-refractivity contribution < 1.29 is 0 Å². The number of aromatic nitrogens is 1. The van der Waals surface area contributed by atoms with Crippen LogP contribution in [0.1, 0.15) is 13.3 Å². The largest absolute Gasteiger partial charge is 0.353 e. The third kappa shape index (κ3) is 7.62. The molecule has 11 heavy (non-hydrogen) atoms. The van der Waals surface area contributed by atoms with E-state index in [2.05, 4.69) is 24.5 Å². The van der Waals surface area contributed by atoms with Gasteiger partial charge in [-0.05, 0) is 24.3 Å². The molecule has 0 aliphatic rings. The van der Waals surface area contributed by atoms with E-state index in [0.717, 1.165) is 10.4 Å². The van der Waals surface area contributed by atoms with Gasteiger partial charge in [0.1, 0.15) is 4.64 Å². The van der Waals surface area contributed by atoms with Crippen molar-refractivity contribution >= 4 is 24.8 Å². The fourth-order valence-electron chi connectivity index (χ4n) is 0.377. The molecule has 1 nitrogen and oxygen atoms in total. The molecule has 1 aromatic rings. The van der Waals surface area contributed by atoms with Gasteiger partial charge in [0, 0.05) is 6.20 Å². The van der Waals surface area contributed by atoms with Crippen molar-refractivity contribution in [3.63, 3.8) is 0 Å². The van der Waals surface area contributed by atoms with Crippen LogP contribution < -0.4 is 0 Å². The average Bonchev–Trinajstić information content (AvgIpc) is 2.07. The standard InChI is InChI=1S/C5H5NS.C3H8S/c7-5-3-1-2-4-6-5;1-2-3-4/h1-4H,(H,6,7);4H,2-3H2,1H3. The highest BCUT2D eigenvalue weighted by molar-refractivity contribution is 7.80. The van der Waals surface area contributed by atoms with Gasteiger partial charge >= 0.3 is 0 Å². The monoisotopic (exact) mass is 187 g/mol. The van der Waals surface area contributed by atoms with Crippen molar-refractivity contribution in [3.8, 4) is 0 Å². The van der Waals surface area contributed by atoms with Crippen LogP contribution in [-0.4, -0.2) is 10.7 Å². The van der Waals surface area contributed by atoms with E-state index >= 15 is 0 Å². The Labute approximate surface area is 78.3 Å². The molecule has 0 unspecified atom stereocenters. The van der Waals surface area contributed by atoms with Crippen LogP contribution in [0.4, 0.5) is 0 Å². The van der Waals surface area contributed by atoms with Crippen molar-refractivity contribution in [3.05, 3.63) is 29.0 Å². The zero-order chi connectivity index (χ0) is 8.53. The molecule has 0 amide bonds. The second kappa shape index (κ2) is 7.82. The number of H-pyrrole nitrogens is 1. The van der Waals surface area contributed by atoms with Gasteiger partial charge in [-0.2, -0.15) is 12.6 Å². The summed E-state index contributed by atoms with van der Waals surface area (Å²) in [6.07, 6.45) is 2.99. The van der Waals surface area contributed by atoms with E-state index in [1.54, 1.807) is 0 Å². The predicted octanol–water partition coefficient (Wildman–Crippen LogP) is 3.07. The van der Waals surface area contributed by atoms with Gasteiger partial charge in [-0.15, -0.1) is 0 Å². The Balaban J connectivity index is 0.000000218. The van der Waals surface area contributed by atoms with Crippen LogP contribution in [0.25, 0.3) is 0 Å². The zero-order valence-electron chi connectivity index (χ0n) is 6.58. The highest BCUT2D eigenvalue weighted by Crippen LogP contribution is 1.80. The van der Waals surface area contributed by atoms with Crippen LogP contribution in [0.3, 0.4) is 0 Å². The molecule has 1 rings (SSSR count). The minimum absolute atomic E-state index is 0.780. The van der Waals surface area contributed by atoms with Gasteiger partial charge in [0.2, 0.25) is 0 Å². The Hall–Kier alpha value is -0.280. The number of pyridine rings is 1. The Kier molecular flexibility index (Phi) is 7.62. The molecule has 0 aliphatic carbocycles. The second-order valence-electron chi connectivity index (χ2n) is 1.95. The van der Waals surface area contributed by atoms with E-state index in [0.29, 0.717) is 0 Å². The second-order valence-corrected chi connectivity index (χ2v) is 2.84. The van der Waals surface area contributed by atoms with Gasteiger partial charge in [-0.3, -0.25) is 0 Å². The van der Waals surface area contributed by atoms with Crippen molar-refractivity contribution in [2.75, 3.05) is 5.75 Å². The van der Waals surface area contributed by atoms with Gasteiger partial charge < -0.3 is 4.98 Å². The summed E-state index contributed by atoms with van der Waals surface area (Å²) in [7, 11) is 0. The first-order valence-electron chi connectivity index (χ1n) is 3.55. The quantitative estimate of drug-likeness (QED) is 0.510. The average molecular weight is 187 g/mol. The van der Waals surface area contributed by atoms with Crippen LogP contribution in [0, 0.1) is 4.64 Å². The smallest absolute Gasteiger partial charge is 0.103 e. The fourth-order valence-corrected chi connectivity index (χ4v) is 0.523. The summed E-state index contributed by atoms with van der Waals surface area (Å²) in [5, 5.41) is 0. The summed E-state index contributed by atoms with van der Waals surface area (Å²) in [4.78, 5) is 2.85. The summed E-state index contributed by atoms with van der Waals surface area (Å²) in [6, 6.07) is 5.64. The summed E-state index contributed by atoms with van der Waals surface area (Å²) < 4.78 is 0.780. The molecular formula is C8H13NS2. The molecule has 1 N–H and O–H groups in total. The Morgan fingerprint density at radius 1 is 1.55 bits per heavy atom. The van der Waals surface area contributed by atoms with Crippen LogP contribution >= 0.6 is 24.8 Å². The molecule has 0 aromatic carbocycles. The topological polar surface area (TPSA) is 15.8 Å². The summed E-state index contributed by atoms with van der Waals surface area (Å²) >= 11 is 8.68. The molecular weight excluding hydrogens is 174 g/mol. The number of rotatable bonds is 1. The van der Waals surface area contributed by atoms with Crippen molar-refractivity contribution in [2.24, 2.45) is 0 Å². The summed E-state index contributed by atoms with van der Waals surface area (Å²) in [5.41, 5.74) is 0. The first-order chi connectivity index (χ1) is 5.31. The highest BCUT2D eigenvalue weighted by atomic mass is 32.1. The van der Waals surface area contributed by atoms with E-state index in [4.69, 9.17) is 12.2 Å². The van der Waals surface area contributed by atoms with Gasteiger partial charge in [-0.25, -0.2) is 0 Å². The van der Waals surface area contributed by atoms with Gasteiger partial charge in [0.25, 0.3) is 0 Å². The molecule has 0 saturated carbocycles. The molecule has 0 atom stereocenters. The number of thiol groups is 1. The maximum Gasteiger partial charge on any atom is 0.103 e. The molecule has 0 saturated heterocycles. The van der Waals surface area contributed by atoms with E-state index in [9.17, 15) is 0 Å². The van der Waals surface area contributed by atoms with Crippen LogP contribution in [0.15, 0.2) is 24.4 Å². The van der Waals surface area contributed by atoms with Gasteiger partial charge in [-0.1, -0.05) is 25.2 Å². The molecule has 0 spiro atoms. The molecule has 0 bridgehead atoms. The lowest BCUT2D eigenvalue weighted by Gasteiger charge is -1.76. The van der Waals surface area contributed by atoms with Crippen LogP contribution in [0.5, 0.6) is 0 Å². The first kappa shape index (κ1) is 10.7. The van der Waals surface area contributed by atoms with Crippen LogP contribution in [-0.2, 0) is 0 Å². The van der Waals surface area contributed by atoms with E-state index < -0.39 is 0 Å². The minimum atomic E-state index is 0.780. The molecule has 0 radical (unpaired) electrons. The maximum atomic E-state index is 4.76. The van der Waals surface area contributed by atoms with E-state index in [1.165, 1.54) is 6.42 Å². The SMILES string of the molecule is CCCS.S=c1cccc[nH]1. The highest BCUT2D eigenvalue weighted by Gasteiger charge is 1.65. The molecule has 0 aliphatic heterocycles. The third-order valence-corrected chi connectivity index (χ3v) is 1.61. The Bertz CT molecular complexity index is 200. The number of hydrogen-bond donors (Lipinski definition) is 2. The Morgan fingerprint density at radius 3 is 2.36 bits per heavy atom. The molecule has 0 fully saturated rings. The Morgan fingerprint density at radius 2 is 2.18 bits per heavy atom. The van der Waals surface area contributed by atoms with E-state index in [-0.39, 0.29) is 0 Å². The lowest BCUT2D eigenvalue weighted by Crippen LogP contribution is -1.64. The zero-order valence-corrected chi connectivity index (χ0v) is 8.29. The van der Waals surface area contributed by atoms with Crippen LogP contribution in [0.2, 0.25) is 0 Å². The number of aromatic amines is 1. The molecule has 1 heterocycles. The summed E-state index contributed by atoms with van der Waals surface area (Å²) in [6.45, 7) is 2.10. The lowest BCUT2D eigenvalue weighted by atomic mass is 10.5. The number of hydrogen-bond acceptors (Lipinski definition) is 2. The van der Waals surface area contributed by atoms with Gasteiger partial charge in [0.05, 0.1) is 0 Å². The minimum Gasteiger partial charge on any atom is -0.353 e. The van der Waals surface area contributed by atoms with Crippen molar-refractivity contribution in [2.45, 2.75) is 13.3 Å². The fraction of sp³-hybridized carbons (Fsp3) is 0.375. The maximum absolute atomic E-state index is 4.76. The van der Waals surface area contributed by atoms with Crippen molar-refractivity contribution in [1.29, 1.82) is 0 Å². The number of nitrogens with one attached hydrogen (secondary N) is 1. The van der Waals surface area contributed by atoms with Gasteiger partial charge in [0.15, 0.2) is 0 Å². The lowest BCUT2D eigenvalue weighted by molar-refractivity contribution is 1.11. The normalized spacial score (nSPS) is 8.18. The molecule has 1 aromatic heterocycles. The molecule has 62 valence electrons. The molecule has 3 heteroatoms. The van der Waals surface area contributed by atoms with E-state index in [1.807, 2.05) is 24.4 Å². The predicted molar refractivity (Wildman–Crippen MR) is 55.8 cm³/mol. The van der Waals surface area contributed by atoms with Crippen molar-refractivity contribution in [1.82, 2.24) is 4.98 Å².